The van der Waals surface area contributed by atoms with E-state index in [0.29, 0.717) is 12.1 Å². The van der Waals surface area contributed by atoms with Gasteiger partial charge in [-0.3, -0.25) is 4.90 Å². The Morgan fingerprint density at radius 1 is 0.944 bits per heavy atom. The minimum Gasteiger partial charge on any atom is -0.440 e. The second-order valence-electron chi connectivity index (χ2n) is 9.76. The summed E-state index contributed by atoms with van der Waals surface area (Å²) < 4.78 is 6.23. The lowest BCUT2D eigenvalue weighted by Gasteiger charge is -2.40. The van der Waals surface area contributed by atoms with Gasteiger partial charge in [0.1, 0.15) is 17.4 Å². The Morgan fingerprint density at radius 2 is 1.58 bits per heavy atom. The molecule has 4 heteroatoms. The zero-order valence-corrected chi connectivity index (χ0v) is 21.0. The van der Waals surface area contributed by atoms with Gasteiger partial charge in [-0.05, 0) is 49.1 Å². The Kier molecular flexibility index (Phi) is 6.50. The van der Waals surface area contributed by atoms with Crippen molar-refractivity contribution in [3.8, 4) is 6.07 Å². The van der Waals surface area contributed by atoms with Gasteiger partial charge in [-0.1, -0.05) is 90.0 Å². The highest BCUT2D eigenvalue weighted by atomic mass is 16.5. The third-order valence-electron chi connectivity index (χ3n) is 7.22. The summed E-state index contributed by atoms with van der Waals surface area (Å²) in [6, 6.07) is 30.0. The molecule has 0 saturated heterocycles. The third-order valence-corrected chi connectivity index (χ3v) is 7.22. The maximum absolute atomic E-state index is 10.1. The van der Waals surface area contributed by atoms with Crippen LogP contribution in [0.3, 0.4) is 0 Å². The maximum atomic E-state index is 10.1. The maximum Gasteiger partial charge on any atom is 0.205 e. The lowest BCUT2D eigenvalue weighted by molar-refractivity contribution is 0.200. The standard InChI is InChI=1S/C32H31N3O/c1-21-9-13-24(14-10-21)17-27-19-35(23(3)25-7-5-4-6-8-25)20-29-30(26-15-11-22(2)12-16-26)28(18-33)32(34)36-31(27)29/h4-17,23,30H,19-20,34H2,1-3H3/b27-17+/t23-,30?/m1/s1. The largest absolute Gasteiger partial charge is 0.440 e. The summed E-state index contributed by atoms with van der Waals surface area (Å²) in [5, 5.41) is 10.1. The van der Waals surface area contributed by atoms with E-state index in [1.165, 1.54) is 16.7 Å². The van der Waals surface area contributed by atoms with Gasteiger partial charge >= 0.3 is 0 Å². The van der Waals surface area contributed by atoms with Gasteiger partial charge in [-0.2, -0.15) is 5.26 Å². The summed E-state index contributed by atoms with van der Waals surface area (Å²) in [5.74, 6) is 0.752. The average Bonchev–Trinajstić information content (AvgIpc) is 2.90. The van der Waals surface area contributed by atoms with Crippen molar-refractivity contribution >= 4 is 6.08 Å². The van der Waals surface area contributed by atoms with E-state index in [0.717, 1.165) is 34.6 Å². The molecule has 0 radical (unpaired) electrons. The number of ether oxygens (including phenoxy) is 1. The van der Waals surface area contributed by atoms with Crippen molar-refractivity contribution < 1.29 is 4.74 Å². The van der Waals surface area contributed by atoms with Gasteiger partial charge < -0.3 is 10.5 Å². The summed E-state index contributed by atoms with van der Waals surface area (Å²) in [5.41, 5.74) is 14.8. The van der Waals surface area contributed by atoms with Crippen LogP contribution in [0.25, 0.3) is 6.08 Å². The molecule has 0 spiro atoms. The molecule has 2 aliphatic heterocycles. The Morgan fingerprint density at radius 3 is 2.22 bits per heavy atom. The number of nitrogens with two attached hydrogens (primary N) is 1. The minimum absolute atomic E-state index is 0.189. The second-order valence-corrected chi connectivity index (χ2v) is 9.76. The molecule has 0 fully saturated rings. The summed E-state index contributed by atoms with van der Waals surface area (Å²) in [7, 11) is 0. The fourth-order valence-corrected chi connectivity index (χ4v) is 5.12. The summed E-state index contributed by atoms with van der Waals surface area (Å²) in [4.78, 5) is 2.45. The van der Waals surface area contributed by atoms with Gasteiger partial charge in [0, 0.05) is 24.7 Å². The lowest BCUT2D eigenvalue weighted by Crippen LogP contribution is -2.39. The first-order chi connectivity index (χ1) is 17.4. The number of aryl methyl sites for hydroxylation is 2. The van der Waals surface area contributed by atoms with Crippen LogP contribution in [0.5, 0.6) is 0 Å². The van der Waals surface area contributed by atoms with Crippen LogP contribution in [0, 0.1) is 25.2 Å². The van der Waals surface area contributed by atoms with E-state index >= 15 is 0 Å². The van der Waals surface area contributed by atoms with Crippen molar-refractivity contribution in [1.29, 1.82) is 5.26 Å². The number of benzene rings is 3. The SMILES string of the molecule is Cc1ccc(/C=C2\CN([C@H](C)c3ccccc3)CC3=C2OC(N)=C(C#N)C3c2ccc(C)cc2)cc1. The van der Waals surface area contributed by atoms with Crippen molar-refractivity contribution in [2.75, 3.05) is 13.1 Å². The summed E-state index contributed by atoms with van der Waals surface area (Å²) >= 11 is 0. The molecule has 36 heavy (non-hydrogen) atoms. The Labute approximate surface area is 213 Å². The number of hydrogen-bond donors (Lipinski definition) is 1. The molecule has 2 heterocycles. The van der Waals surface area contributed by atoms with Gasteiger partial charge in [-0.25, -0.2) is 0 Å². The molecule has 3 aromatic rings. The van der Waals surface area contributed by atoms with E-state index in [9.17, 15) is 5.26 Å². The molecular formula is C32H31N3O. The fraction of sp³-hybridized carbons (Fsp3) is 0.219. The van der Waals surface area contributed by atoms with Crippen molar-refractivity contribution in [2.45, 2.75) is 32.7 Å². The molecule has 2 atom stereocenters. The van der Waals surface area contributed by atoms with E-state index in [1.54, 1.807) is 0 Å². The zero-order valence-electron chi connectivity index (χ0n) is 21.0. The molecule has 2 aliphatic rings. The van der Waals surface area contributed by atoms with Crippen LogP contribution in [0.4, 0.5) is 0 Å². The van der Waals surface area contributed by atoms with E-state index in [2.05, 4.69) is 111 Å². The predicted octanol–water partition coefficient (Wildman–Crippen LogP) is 6.53. The van der Waals surface area contributed by atoms with Gasteiger partial charge in [0.2, 0.25) is 5.88 Å². The topological polar surface area (TPSA) is 62.3 Å². The summed E-state index contributed by atoms with van der Waals surface area (Å²) in [6.45, 7) is 7.81. The van der Waals surface area contributed by atoms with Crippen LogP contribution >= 0.6 is 0 Å². The minimum atomic E-state index is -0.244. The number of allylic oxidation sites excluding steroid dienone is 1. The smallest absolute Gasteiger partial charge is 0.205 e. The summed E-state index contributed by atoms with van der Waals surface area (Å²) in [6.07, 6.45) is 2.19. The normalized spacial score (nSPS) is 20.1. The highest BCUT2D eigenvalue weighted by molar-refractivity contribution is 5.63. The Balaban J connectivity index is 1.65. The number of hydrogen-bond acceptors (Lipinski definition) is 4. The molecule has 4 nitrogen and oxygen atoms in total. The molecule has 0 saturated carbocycles. The van der Waals surface area contributed by atoms with Crippen molar-refractivity contribution in [1.82, 2.24) is 4.90 Å². The van der Waals surface area contributed by atoms with Gasteiger partial charge in [0.25, 0.3) is 0 Å². The van der Waals surface area contributed by atoms with E-state index in [1.807, 2.05) is 6.07 Å². The fourth-order valence-electron chi connectivity index (χ4n) is 5.12. The highest BCUT2D eigenvalue weighted by Gasteiger charge is 2.38. The Hall–Kier alpha value is -4.07. The number of rotatable bonds is 4. The first-order valence-electron chi connectivity index (χ1n) is 12.4. The van der Waals surface area contributed by atoms with E-state index in [-0.39, 0.29) is 17.8 Å². The molecule has 0 aliphatic carbocycles. The zero-order chi connectivity index (χ0) is 25.2. The highest BCUT2D eigenvalue weighted by Crippen LogP contribution is 2.45. The third kappa shape index (κ3) is 4.58. The molecule has 0 amide bonds. The first-order valence-corrected chi connectivity index (χ1v) is 12.4. The average molecular weight is 474 g/mol. The first kappa shape index (κ1) is 23.7. The van der Waals surface area contributed by atoms with Gasteiger partial charge in [0.05, 0.1) is 5.92 Å². The molecule has 3 aromatic carbocycles. The number of nitrogens with zero attached hydrogens (tertiary/aromatic N) is 2. The molecule has 180 valence electrons. The molecule has 1 unspecified atom stereocenters. The lowest BCUT2D eigenvalue weighted by atomic mass is 9.79. The van der Waals surface area contributed by atoms with E-state index in [4.69, 9.17) is 10.5 Å². The van der Waals surface area contributed by atoms with Crippen LogP contribution in [0.15, 0.2) is 107 Å². The van der Waals surface area contributed by atoms with Crippen LogP contribution in [-0.4, -0.2) is 18.0 Å². The van der Waals surface area contributed by atoms with Crippen LogP contribution in [0.2, 0.25) is 0 Å². The monoisotopic (exact) mass is 473 g/mol. The second kappa shape index (κ2) is 9.89. The quantitative estimate of drug-likeness (QED) is 0.468. The van der Waals surface area contributed by atoms with Crippen molar-refractivity contribution in [3.63, 3.8) is 0 Å². The molecule has 0 bridgehead atoms. The Bertz CT molecular complexity index is 1390. The predicted molar refractivity (Wildman–Crippen MR) is 144 cm³/mol. The van der Waals surface area contributed by atoms with Crippen LogP contribution < -0.4 is 5.73 Å². The van der Waals surface area contributed by atoms with Crippen molar-refractivity contribution in [3.05, 3.63) is 135 Å². The number of nitriles is 1. The molecule has 2 N–H and O–H groups in total. The van der Waals surface area contributed by atoms with Crippen LogP contribution in [-0.2, 0) is 4.74 Å². The van der Waals surface area contributed by atoms with Crippen LogP contribution in [0.1, 0.15) is 46.7 Å². The van der Waals surface area contributed by atoms with Crippen molar-refractivity contribution in [2.24, 2.45) is 5.73 Å². The van der Waals surface area contributed by atoms with Gasteiger partial charge in [0.15, 0.2) is 0 Å². The molecular weight excluding hydrogens is 442 g/mol. The molecule has 0 aromatic heterocycles. The molecule has 5 rings (SSSR count). The van der Waals surface area contributed by atoms with Gasteiger partial charge in [-0.15, -0.1) is 0 Å². The van der Waals surface area contributed by atoms with E-state index < -0.39 is 0 Å².